The molecule has 1 aliphatic heterocycles. The first-order chi connectivity index (χ1) is 8.90. The van der Waals surface area contributed by atoms with Crippen molar-refractivity contribution in [3.8, 4) is 5.75 Å². The molecule has 0 fully saturated rings. The molecule has 2 heterocycles. The zero-order chi connectivity index (χ0) is 12.4. The highest BCUT2D eigenvalue weighted by atomic mass is 16.5. The summed E-state index contributed by atoms with van der Waals surface area (Å²) >= 11 is 0. The molecule has 2 aromatic rings. The number of benzene rings is 1. The van der Waals surface area contributed by atoms with Gasteiger partial charge >= 0.3 is 0 Å². The molecule has 2 atom stereocenters. The van der Waals surface area contributed by atoms with E-state index in [4.69, 9.17) is 4.74 Å². The van der Waals surface area contributed by atoms with Gasteiger partial charge in [0.25, 0.3) is 0 Å². The summed E-state index contributed by atoms with van der Waals surface area (Å²) in [5.41, 5.74) is 2.34. The van der Waals surface area contributed by atoms with E-state index in [1.54, 1.807) is 6.33 Å². The van der Waals surface area contributed by atoms with Gasteiger partial charge < -0.3 is 10.1 Å². The highest BCUT2D eigenvalue weighted by molar-refractivity contribution is 5.41. The molecule has 3 rings (SSSR count). The maximum absolute atomic E-state index is 5.73. The molecule has 2 unspecified atom stereocenters. The smallest absolute Gasteiger partial charge is 0.122 e. The molecule has 1 N–H and O–H groups in total. The molecule has 0 saturated carbocycles. The number of likely N-dealkylation sites (N-methyl/N-ethyl adjacent to an activating group) is 1. The van der Waals surface area contributed by atoms with Crippen LogP contribution in [0.15, 0.2) is 43.0 Å². The van der Waals surface area contributed by atoms with Crippen LogP contribution in [-0.2, 0) is 0 Å². The van der Waals surface area contributed by atoms with Gasteiger partial charge in [-0.15, -0.1) is 0 Å². The lowest BCUT2D eigenvalue weighted by Crippen LogP contribution is -2.25. The van der Waals surface area contributed by atoms with Crippen molar-refractivity contribution in [2.24, 2.45) is 0 Å². The quantitative estimate of drug-likeness (QED) is 0.891. The van der Waals surface area contributed by atoms with Crippen LogP contribution in [0.25, 0.3) is 0 Å². The van der Waals surface area contributed by atoms with E-state index in [9.17, 15) is 0 Å². The minimum atomic E-state index is 0.176. The fraction of sp³-hybridized carbons (Fsp3) is 0.286. The summed E-state index contributed by atoms with van der Waals surface area (Å²) < 4.78 is 5.73. The molecule has 92 valence electrons. The van der Waals surface area contributed by atoms with Gasteiger partial charge in [-0.2, -0.15) is 0 Å². The number of hydrogen-bond acceptors (Lipinski definition) is 4. The molecule has 1 aromatic heterocycles. The normalized spacial score (nSPS) is 19.1. The lowest BCUT2D eigenvalue weighted by atomic mass is 9.90. The third-order valence-corrected chi connectivity index (χ3v) is 3.39. The maximum Gasteiger partial charge on any atom is 0.122 e. The zero-order valence-electron chi connectivity index (χ0n) is 10.2. The van der Waals surface area contributed by atoms with E-state index in [2.05, 4.69) is 27.4 Å². The minimum Gasteiger partial charge on any atom is -0.493 e. The molecule has 1 aromatic carbocycles. The van der Waals surface area contributed by atoms with Crippen molar-refractivity contribution in [3.63, 3.8) is 0 Å². The van der Waals surface area contributed by atoms with Crippen LogP contribution in [0.3, 0.4) is 0 Å². The Hall–Kier alpha value is -1.94. The molecular weight excluding hydrogens is 226 g/mol. The molecule has 0 amide bonds. The second-order valence-corrected chi connectivity index (χ2v) is 4.39. The van der Waals surface area contributed by atoms with E-state index in [0.29, 0.717) is 12.5 Å². The first-order valence-corrected chi connectivity index (χ1v) is 6.04. The third kappa shape index (κ3) is 1.84. The molecule has 18 heavy (non-hydrogen) atoms. The van der Waals surface area contributed by atoms with Crippen LogP contribution < -0.4 is 10.1 Å². The number of para-hydroxylation sites is 1. The van der Waals surface area contributed by atoms with Crippen molar-refractivity contribution in [1.29, 1.82) is 0 Å². The Morgan fingerprint density at radius 1 is 1.28 bits per heavy atom. The topological polar surface area (TPSA) is 47.0 Å². The van der Waals surface area contributed by atoms with Crippen LogP contribution in [0.5, 0.6) is 5.75 Å². The Balaban J connectivity index is 1.95. The number of aromatic nitrogens is 2. The number of ether oxygens (including phenoxy) is 1. The Morgan fingerprint density at radius 2 is 2.06 bits per heavy atom. The average Bonchev–Trinajstić information content (AvgIpc) is 2.85. The van der Waals surface area contributed by atoms with E-state index >= 15 is 0 Å². The summed E-state index contributed by atoms with van der Waals surface area (Å²) in [5.74, 6) is 1.29. The summed E-state index contributed by atoms with van der Waals surface area (Å²) in [7, 11) is 1.96. The van der Waals surface area contributed by atoms with Gasteiger partial charge in [-0.1, -0.05) is 18.2 Å². The molecule has 0 spiro atoms. The van der Waals surface area contributed by atoms with Gasteiger partial charge in [0.05, 0.1) is 6.61 Å². The predicted molar refractivity (Wildman–Crippen MR) is 68.5 cm³/mol. The van der Waals surface area contributed by atoms with E-state index in [-0.39, 0.29) is 6.04 Å². The first kappa shape index (κ1) is 11.2. The lowest BCUT2D eigenvalue weighted by molar-refractivity contribution is 0.304. The Kier molecular flexibility index (Phi) is 2.94. The van der Waals surface area contributed by atoms with Crippen LogP contribution in [0, 0.1) is 0 Å². The Morgan fingerprint density at radius 3 is 2.83 bits per heavy atom. The number of nitrogens with one attached hydrogen (secondary N) is 1. The molecule has 1 aliphatic rings. The fourth-order valence-electron chi connectivity index (χ4n) is 2.53. The molecule has 0 bridgehead atoms. The number of nitrogens with zero attached hydrogens (tertiary/aromatic N) is 2. The highest BCUT2D eigenvalue weighted by Crippen LogP contribution is 2.40. The zero-order valence-corrected chi connectivity index (χ0v) is 10.2. The number of rotatable bonds is 3. The van der Waals surface area contributed by atoms with E-state index < -0.39 is 0 Å². The summed E-state index contributed by atoms with van der Waals surface area (Å²) in [6, 6.07) is 8.37. The van der Waals surface area contributed by atoms with Crippen molar-refractivity contribution in [2.45, 2.75) is 12.0 Å². The molecule has 0 saturated heterocycles. The van der Waals surface area contributed by atoms with Crippen LogP contribution in [-0.4, -0.2) is 23.6 Å². The van der Waals surface area contributed by atoms with Gasteiger partial charge in [0.15, 0.2) is 0 Å². The summed E-state index contributed by atoms with van der Waals surface area (Å²) in [5, 5.41) is 3.34. The van der Waals surface area contributed by atoms with E-state index in [0.717, 1.165) is 11.3 Å². The van der Waals surface area contributed by atoms with Crippen molar-refractivity contribution in [2.75, 3.05) is 13.7 Å². The van der Waals surface area contributed by atoms with Gasteiger partial charge in [-0.25, -0.2) is 9.97 Å². The van der Waals surface area contributed by atoms with E-state index in [1.165, 1.54) is 5.56 Å². The standard InChI is InChI=1S/C14H15N3O/c1-15-14(10-6-16-9-17-7-10)12-8-18-13-5-3-2-4-11(12)13/h2-7,9,12,14-15H,8H2,1H3. The molecule has 0 aliphatic carbocycles. The van der Waals surface area contributed by atoms with Crippen LogP contribution in [0.1, 0.15) is 23.1 Å². The van der Waals surface area contributed by atoms with E-state index in [1.807, 2.05) is 31.6 Å². The first-order valence-electron chi connectivity index (χ1n) is 6.04. The molecular formula is C14H15N3O. The largest absolute Gasteiger partial charge is 0.493 e. The van der Waals surface area contributed by atoms with Crippen molar-refractivity contribution >= 4 is 0 Å². The molecule has 4 nitrogen and oxygen atoms in total. The van der Waals surface area contributed by atoms with Crippen molar-refractivity contribution in [3.05, 3.63) is 54.1 Å². The van der Waals surface area contributed by atoms with Crippen LogP contribution in [0.4, 0.5) is 0 Å². The summed E-state index contributed by atoms with van der Waals surface area (Å²) in [6.45, 7) is 0.694. The maximum atomic E-state index is 5.73. The SMILES string of the molecule is CNC(c1cncnc1)C1COc2ccccc21. The van der Waals surface area contributed by atoms with Gasteiger partial charge in [-0.3, -0.25) is 0 Å². The number of fused-ring (bicyclic) bond motifs is 1. The molecule has 4 heteroatoms. The predicted octanol–water partition coefficient (Wildman–Crippen LogP) is 1.91. The van der Waals surface area contributed by atoms with Gasteiger partial charge in [0, 0.05) is 35.5 Å². The molecule has 0 radical (unpaired) electrons. The highest BCUT2D eigenvalue weighted by Gasteiger charge is 2.31. The Labute approximate surface area is 106 Å². The average molecular weight is 241 g/mol. The van der Waals surface area contributed by atoms with Crippen molar-refractivity contribution < 1.29 is 4.74 Å². The second-order valence-electron chi connectivity index (χ2n) is 4.39. The lowest BCUT2D eigenvalue weighted by Gasteiger charge is -2.22. The number of hydrogen-bond donors (Lipinski definition) is 1. The van der Waals surface area contributed by atoms with Gasteiger partial charge in [0.2, 0.25) is 0 Å². The van der Waals surface area contributed by atoms with Crippen LogP contribution >= 0.6 is 0 Å². The van der Waals surface area contributed by atoms with Gasteiger partial charge in [-0.05, 0) is 13.1 Å². The monoisotopic (exact) mass is 241 g/mol. The summed E-state index contributed by atoms with van der Waals surface area (Å²) in [4.78, 5) is 8.18. The second kappa shape index (κ2) is 4.74. The summed E-state index contributed by atoms with van der Waals surface area (Å²) in [6.07, 6.45) is 5.26. The minimum absolute atomic E-state index is 0.176. The Bertz CT molecular complexity index is 530. The fourth-order valence-corrected chi connectivity index (χ4v) is 2.53. The van der Waals surface area contributed by atoms with Crippen LogP contribution in [0.2, 0.25) is 0 Å². The van der Waals surface area contributed by atoms with Crippen molar-refractivity contribution in [1.82, 2.24) is 15.3 Å². The van der Waals surface area contributed by atoms with Gasteiger partial charge in [0.1, 0.15) is 12.1 Å². The third-order valence-electron chi connectivity index (χ3n) is 3.39.